The van der Waals surface area contributed by atoms with E-state index in [4.69, 9.17) is 4.74 Å². The standard InChI is InChI=1S/C24H40FN5O2/c1-4-26-24(28-15-21-17-29(11-12-32-21)16-18(2)3)27-14-19-5-6-23(22(25)13-19)30-9-7-20(31)8-10-30/h5-6,13,18,20-21,31H,4,7-12,14-17H2,1-3H3,(H2,26,27,28). The molecule has 2 aliphatic heterocycles. The third kappa shape index (κ3) is 7.60. The summed E-state index contributed by atoms with van der Waals surface area (Å²) in [6, 6.07) is 5.34. The Balaban J connectivity index is 1.53. The molecule has 0 spiro atoms. The van der Waals surface area contributed by atoms with Crippen LogP contribution in [-0.2, 0) is 11.3 Å². The molecule has 32 heavy (non-hydrogen) atoms. The lowest BCUT2D eigenvalue weighted by Gasteiger charge is -2.34. The number of aliphatic hydroxyl groups is 1. The molecule has 3 rings (SSSR count). The highest BCUT2D eigenvalue weighted by Crippen LogP contribution is 2.24. The Bertz CT molecular complexity index is 737. The maximum Gasteiger partial charge on any atom is 0.191 e. The summed E-state index contributed by atoms with van der Waals surface area (Å²) in [5, 5.41) is 16.3. The molecule has 1 atom stereocenters. The minimum Gasteiger partial charge on any atom is -0.393 e. The van der Waals surface area contributed by atoms with Crippen molar-refractivity contribution in [2.45, 2.75) is 52.4 Å². The van der Waals surface area contributed by atoms with E-state index in [1.165, 1.54) is 0 Å². The lowest BCUT2D eigenvalue weighted by molar-refractivity contribution is -0.0284. The second-order valence-electron chi connectivity index (χ2n) is 9.23. The first kappa shape index (κ1) is 24.7. The number of nitrogens with one attached hydrogen (secondary N) is 2. The highest BCUT2D eigenvalue weighted by atomic mass is 19.1. The van der Waals surface area contributed by atoms with E-state index in [0.29, 0.717) is 56.6 Å². The van der Waals surface area contributed by atoms with Gasteiger partial charge in [-0.1, -0.05) is 19.9 Å². The number of morpholine rings is 1. The predicted molar refractivity (Wildman–Crippen MR) is 128 cm³/mol. The normalized spacial score (nSPS) is 21.2. The number of nitrogens with zero attached hydrogens (tertiary/aromatic N) is 3. The second-order valence-corrected chi connectivity index (χ2v) is 9.23. The Morgan fingerprint density at radius 1 is 1.25 bits per heavy atom. The van der Waals surface area contributed by atoms with E-state index in [9.17, 15) is 9.50 Å². The van der Waals surface area contributed by atoms with Crippen molar-refractivity contribution < 1.29 is 14.2 Å². The van der Waals surface area contributed by atoms with Crippen molar-refractivity contribution in [2.24, 2.45) is 10.9 Å². The van der Waals surface area contributed by atoms with Gasteiger partial charge in [-0.3, -0.25) is 4.90 Å². The van der Waals surface area contributed by atoms with E-state index in [1.807, 2.05) is 24.0 Å². The SMILES string of the molecule is CCNC(=NCc1ccc(N2CCC(O)CC2)c(F)c1)NCC1CN(CC(C)C)CCO1. The number of hydrogen-bond acceptors (Lipinski definition) is 5. The van der Waals surface area contributed by atoms with Gasteiger partial charge in [-0.2, -0.15) is 0 Å². The summed E-state index contributed by atoms with van der Waals surface area (Å²) < 4.78 is 20.6. The highest BCUT2D eigenvalue weighted by molar-refractivity contribution is 5.79. The minimum absolute atomic E-state index is 0.131. The smallest absolute Gasteiger partial charge is 0.191 e. The number of aliphatic hydroxyl groups excluding tert-OH is 1. The fraction of sp³-hybridized carbons (Fsp3) is 0.708. The number of halogens is 1. The van der Waals surface area contributed by atoms with Crippen LogP contribution in [-0.4, -0.2) is 80.6 Å². The third-order valence-electron chi connectivity index (χ3n) is 5.92. The third-order valence-corrected chi connectivity index (χ3v) is 5.92. The molecule has 1 unspecified atom stereocenters. The number of guanidine groups is 1. The Morgan fingerprint density at radius 2 is 2.03 bits per heavy atom. The van der Waals surface area contributed by atoms with Crippen molar-refractivity contribution in [1.29, 1.82) is 0 Å². The van der Waals surface area contributed by atoms with Crippen LogP contribution in [0.25, 0.3) is 0 Å². The molecule has 2 saturated heterocycles. The first-order valence-electron chi connectivity index (χ1n) is 12.0. The molecule has 0 saturated carbocycles. The summed E-state index contributed by atoms with van der Waals surface area (Å²) in [6.07, 6.45) is 1.23. The number of benzene rings is 1. The van der Waals surface area contributed by atoms with Crippen molar-refractivity contribution in [3.63, 3.8) is 0 Å². The van der Waals surface area contributed by atoms with Gasteiger partial charge in [0, 0.05) is 45.8 Å². The molecule has 2 fully saturated rings. The van der Waals surface area contributed by atoms with Crippen molar-refractivity contribution in [3.05, 3.63) is 29.6 Å². The van der Waals surface area contributed by atoms with Gasteiger partial charge in [0.25, 0.3) is 0 Å². The van der Waals surface area contributed by atoms with Gasteiger partial charge in [0.15, 0.2) is 5.96 Å². The van der Waals surface area contributed by atoms with Crippen LogP contribution in [0.1, 0.15) is 39.2 Å². The maximum atomic E-state index is 14.7. The van der Waals surface area contributed by atoms with Gasteiger partial charge in [-0.15, -0.1) is 0 Å². The van der Waals surface area contributed by atoms with Crippen LogP contribution in [0.4, 0.5) is 10.1 Å². The number of piperidine rings is 1. The molecule has 7 nitrogen and oxygen atoms in total. The van der Waals surface area contributed by atoms with Gasteiger partial charge in [0.05, 0.1) is 31.0 Å². The number of hydrogen-bond donors (Lipinski definition) is 3. The van der Waals surface area contributed by atoms with Gasteiger partial charge in [0.2, 0.25) is 0 Å². The summed E-state index contributed by atoms with van der Waals surface area (Å²) in [5.41, 5.74) is 1.44. The van der Waals surface area contributed by atoms with E-state index in [-0.39, 0.29) is 18.0 Å². The summed E-state index contributed by atoms with van der Waals surface area (Å²) >= 11 is 0. The van der Waals surface area contributed by atoms with Crippen LogP contribution >= 0.6 is 0 Å². The van der Waals surface area contributed by atoms with Gasteiger partial charge in [-0.05, 0) is 43.4 Å². The Morgan fingerprint density at radius 3 is 2.72 bits per heavy atom. The fourth-order valence-electron chi connectivity index (χ4n) is 4.32. The largest absolute Gasteiger partial charge is 0.393 e. The number of rotatable bonds is 8. The van der Waals surface area contributed by atoms with E-state index in [1.54, 1.807) is 6.07 Å². The zero-order valence-corrected chi connectivity index (χ0v) is 19.8. The van der Waals surface area contributed by atoms with Crippen LogP contribution in [0.2, 0.25) is 0 Å². The van der Waals surface area contributed by atoms with E-state index >= 15 is 0 Å². The second kappa shape index (κ2) is 12.4. The lowest BCUT2D eigenvalue weighted by atomic mass is 10.1. The molecular weight excluding hydrogens is 409 g/mol. The number of ether oxygens (including phenoxy) is 1. The molecule has 0 amide bonds. The molecule has 180 valence electrons. The van der Waals surface area contributed by atoms with Gasteiger partial charge in [-0.25, -0.2) is 9.38 Å². The highest BCUT2D eigenvalue weighted by Gasteiger charge is 2.21. The van der Waals surface area contributed by atoms with Gasteiger partial charge < -0.3 is 25.4 Å². The monoisotopic (exact) mass is 449 g/mol. The molecular formula is C24H40FN5O2. The molecule has 0 bridgehead atoms. The quantitative estimate of drug-likeness (QED) is 0.418. The Labute approximate surface area is 192 Å². The molecule has 2 heterocycles. The molecule has 8 heteroatoms. The molecule has 2 aliphatic rings. The average Bonchev–Trinajstić information content (AvgIpc) is 2.76. The maximum absolute atomic E-state index is 14.7. The van der Waals surface area contributed by atoms with E-state index in [0.717, 1.165) is 38.3 Å². The molecule has 0 radical (unpaired) electrons. The summed E-state index contributed by atoms with van der Waals surface area (Å²) in [6.45, 7) is 13.5. The van der Waals surface area contributed by atoms with Crippen LogP contribution < -0.4 is 15.5 Å². The van der Waals surface area contributed by atoms with Crippen LogP contribution in [0, 0.1) is 11.7 Å². The van der Waals surface area contributed by atoms with Crippen molar-refractivity contribution in [1.82, 2.24) is 15.5 Å². The Hall–Kier alpha value is -1.90. The summed E-state index contributed by atoms with van der Waals surface area (Å²) in [4.78, 5) is 9.10. The lowest BCUT2D eigenvalue weighted by Crippen LogP contribution is -2.50. The van der Waals surface area contributed by atoms with E-state index < -0.39 is 0 Å². The van der Waals surface area contributed by atoms with Crippen molar-refractivity contribution in [2.75, 3.05) is 57.3 Å². The van der Waals surface area contributed by atoms with Gasteiger partial charge >= 0.3 is 0 Å². The first-order chi connectivity index (χ1) is 15.4. The molecule has 1 aromatic rings. The summed E-state index contributed by atoms with van der Waals surface area (Å²) in [5.74, 6) is 1.13. The zero-order valence-electron chi connectivity index (χ0n) is 19.8. The fourth-order valence-corrected chi connectivity index (χ4v) is 4.32. The Kier molecular flexibility index (Phi) is 9.56. The topological polar surface area (TPSA) is 72.4 Å². The van der Waals surface area contributed by atoms with Gasteiger partial charge in [0.1, 0.15) is 5.82 Å². The molecule has 0 aromatic heterocycles. The first-order valence-corrected chi connectivity index (χ1v) is 12.0. The number of aliphatic imine (C=N–C) groups is 1. The van der Waals surface area contributed by atoms with E-state index in [2.05, 4.69) is 34.4 Å². The predicted octanol–water partition coefficient (Wildman–Crippen LogP) is 2.20. The average molecular weight is 450 g/mol. The van der Waals surface area contributed by atoms with Crippen molar-refractivity contribution in [3.8, 4) is 0 Å². The minimum atomic E-state index is -0.266. The molecule has 0 aliphatic carbocycles. The van der Waals surface area contributed by atoms with Crippen molar-refractivity contribution >= 4 is 11.6 Å². The van der Waals surface area contributed by atoms with Crippen LogP contribution in [0.3, 0.4) is 0 Å². The number of anilines is 1. The zero-order chi connectivity index (χ0) is 22.9. The van der Waals surface area contributed by atoms with Crippen LogP contribution in [0.5, 0.6) is 0 Å². The summed E-state index contributed by atoms with van der Waals surface area (Å²) in [7, 11) is 0. The molecule has 1 aromatic carbocycles. The molecule has 3 N–H and O–H groups in total. The van der Waals surface area contributed by atoms with Crippen LogP contribution in [0.15, 0.2) is 23.2 Å².